The minimum atomic E-state index is -1.03. The molecule has 0 saturated carbocycles. The summed E-state index contributed by atoms with van der Waals surface area (Å²) in [4.78, 5) is 25.5. The van der Waals surface area contributed by atoms with Gasteiger partial charge >= 0.3 is 5.97 Å². The summed E-state index contributed by atoms with van der Waals surface area (Å²) in [6, 6.07) is 13.5. The third-order valence-corrected chi connectivity index (χ3v) is 5.21. The molecule has 1 aromatic heterocycles. The third-order valence-electron chi connectivity index (χ3n) is 4.31. The van der Waals surface area contributed by atoms with Crippen LogP contribution in [0.15, 0.2) is 60.5 Å². The molecule has 0 atom stereocenters. The second-order valence-corrected chi connectivity index (χ2v) is 6.84. The number of ether oxygens (including phenoxy) is 2. The summed E-state index contributed by atoms with van der Waals surface area (Å²) in [5.74, 6) is -0.626. The maximum atomic E-state index is 13.3. The number of methoxy groups -OCH3 is 2. The molecule has 0 amide bonds. The molecule has 5 nitrogen and oxygen atoms in total. The maximum absolute atomic E-state index is 13.3. The predicted molar refractivity (Wildman–Crippen MR) is 110 cm³/mol. The molecule has 0 fully saturated rings. The molecule has 0 aliphatic heterocycles. The zero-order chi connectivity index (χ0) is 20.3. The monoisotopic (exact) mass is 394 g/mol. The van der Waals surface area contributed by atoms with Gasteiger partial charge < -0.3 is 14.6 Å². The number of rotatable bonds is 7. The van der Waals surface area contributed by atoms with E-state index < -0.39 is 5.97 Å². The van der Waals surface area contributed by atoms with E-state index in [1.54, 1.807) is 30.3 Å². The Hall–Kier alpha value is -3.38. The molecule has 0 aliphatic rings. The van der Waals surface area contributed by atoms with E-state index in [9.17, 15) is 14.7 Å². The van der Waals surface area contributed by atoms with E-state index in [2.05, 4.69) is 6.58 Å². The van der Waals surface area contributed by atoms with Crippen molar-refractivity contribution >= 4 is 28.7 Å². The summed E-state index contributed by atoms with van der Waals surface area (Å²) in [6.45, 7) is 3.99. The van der Waals surface area contributed by atoms with Gasteiger partial charge in [0.05, 0.1) is 19.8 Å². The van der Waals surface area contributed by atoms with Crippen LogP contribution in [0.5, 0.6) is 11.5 Å². The van der Waals surface area contributed by atoms with Gasteiger partial charge in [-0.25, -0.2) is 4.79 Å². The van der Waals surface area contributed by atoms with Gasteiger partial charge in [-0.15, -0.1) is 11.3 Å². The number of carbonyl (C=O) groups excluding carboxylic acids is 1. The molecule has 0 saturated heterocycles. The third kappa shape index (κ3) is 3.54. The van der Waals surface area contributed by atoms with Crippen LogP contribution >= 0.6 is 11.3 Å². The minimum Gasteiger partial charge on any atom is -0.496 e. The number of hydrogen-bond acceptors (Lipinski definition) is 5. The highest BCUT2D eigenvalue weighted by atomic mass is 32.1. The van der Waals surface area contributed by atoms with Crippen molar-refractivity contribution in [3.05, 3.63) is 77.2 Å². The van der Waals surface area contributed by atoms with Crippen LogP contribution in [0.2, 0.25) is 0 Å². The Morgan fingerprint density at radius 1 is 1.00 bits per heavy atom. The first kappa shape index (κ1) is 19.4. The number of Topliss-reactive ketones (excluding diaryl/α,β-unsaturated/α-hetero) is 1. The van der Waals surface area contributed by atoms with Crippen molar-refractivity contribution in [2.24, 2.45) is 0 Å². The number of ketones is 1. The Morgan fingerprint density at radius 2 is 1.68 bits per heavy atom. The first-order chi connectivity index (χ1) is 13.5. The fourth-order valence-electron chi connectivity index (χ4n) is 2.92. The molecule has 28 heavy (non-hydrogen) atoms. The number of carboxylic acids is 1. The molecule has 0 radical (unpaired) electrons. The van der Waals surface area contributed by atoms with Crippen LogP contribution in [0.4, 0.5) is 0 Å². The van der Waals surface area contributed by atoms with Gasteiger partial charge in [-0.1, -0.05) is 24.8 Å². The lowest BCUT2D eigenvalue weighted by Crippen LogP contribution is -2.08. The standard InChI is InChI=1S/C22H18O5S/c1-13(21(23)20-17(26-2)6-4-7-18(20)27-3)15-10-9-14(22(24)25)12-16(15)19-8-5-11-28-19/h4-12H,1H2,2-3H3,(H,24,25). The van der Waals surface area contributed by atoms with Gasteiger partial charge in [0.15, 0.2) is 0 Å². The lowest BCUT2D eigenvalue weighted by atomic mass is 9.91. The van der Waals surface area contributed by atoms with Crippen LogP contribution in [0, 0.1) is 0 Å². The Labute approximate surface area is 166 Å². The second kappa shape index (κ2) is 8.10. The van der Waals surface area contributed by atoms with Crippen LogP contribution in [-0.2, 0) is 0 Å². The molecule has 0 unspecified atom stereocenters. The molecule has 0 spiro atoms. The van der Waals surface area contributed by atoms with Crippen molar-refractivity contribution in [2.75, 3.05) is 14.2 Å². The van der Waals surface area contributed by atoms with E-state index in [1.165, 1.54) is 31.6 Å². The van der Waals surface area contributed by atoms with Crippen LogP contribution in [0.3, 0.4) is 0 Å². The first-order valence-corrected chi connectivity index (χ1v) is 9.22. The van der Waals surface area contributed by atoms with Gasteiger partial charge in [0.2, 0.25) is 5.78 Å². The van der Waals surface area contributed by atoms with Crippen molar-refractivity contribution in [1.82, 2.24) is 0 Å². The molecule has 0 bridgehead atoms. The van der Waals surface area contributed by atoms with E-state index >= 15 is 0 Å². The zero-order valence-corrected chi connectivity index (χ0v) is 16.2. The number of aromatic carboxylic acids is 1. The number of carboxylic acid groups (broad SMARTS) is 1. The van der Waals surface area contributed by atoms with Gasteiger partial charge in [0.1, 0.15) is 17.1 Å². The van der Waals surface area contributed by atoms with Crippen molar-refractivity contribution in [3.63, 3.8) is 0 Å². The predicted octanol–water partition coefficient (Wildman–Crippen LogP) is 5.03. The van der Waals surface area contributed by atoms with E-state index in [0.717, 1.165) is 4.88 Å². The summed E-state index contributed by atoms with van der Waals surface area (Å²) >= 11 is 1.46. The fourth-order valence-corrected chi connectivity index (χ4v) is 3.68. The Balaban J connectivity index is 2.13. The average Bonchev–Trinajstić information content (AvgIpc) is 3.26. The van der Waals surface area contributed by atoms with Crippen LogP contribution < -0.4 is 9.47 Å². The lowest BCUT2D eigenvalue weighted by molar-refractivity contribution is 0.0696. The molecule has 1 heterocycles. The molecular formula is C22H18O5S. The fraction of sp³-hybridized carbons (Fsp3) is 0.0909. The molecule has 3 aromatic rings. The topological polar surface area (TPSA) is 72.8 Å². The van der Waals surface area contributed by atoms with Gasteiger partial charge in [-0.3, -0.25) is 4.79 Å². The minimum absolute atomic E-state index is 0.141. The summed E-state index contributed by atoms with van der Waals surface area (Å²) in [7, 11) is 2.96. The largest absolute Gasteiger partial charge is 0.496 e. The number of carbonyl (C=O) groups is 2. The summed E-state index contributed by atoms with van der Waals surface area (Å²) in [5.41, 5.74) is 1.84. The molecule has 1 N–H and O–H groups in total. The smallest absolute Gasteiger partial charge is 0.335 e. The van der Waals surface area contributed by atoms with Crippen molar-refractivity contribution in [1.29, 1.82) is 0 Å². The molecule has 0 aliphatic carbocycles. The molecule has 6 heteroatoms. The zero-order valence-electron chi connectivity index (χ0n) is 15.4. The van der Waals surface area contributed by atoms with Crippen molar-refractivity contribution in [3.8, 4) is 21.9 Å². The Morgan fingerprint density at radius 3 is 2.21 bits per heavy atom. The van der Waals surface area contributed by atoms with Gasteiger partial charge in [-0.2, -0.15) is 0 Å². The van der Waals surface area contributed by atoms with Crippen molar-refractivity contribution in [2.45, 2.75) is 0 Å². The summed E-state index contributed by atoms with van der Waals surface area (Å²) < 4.78 is 10.7. The molecular weight excluding hydrogens is 376 g/mol. The number of benzene rings is 2. The van der Waals surface area contributed by atoms with Gasteiger partial charge in [-0.05, 0) is 41.3 Å². The van der Waals surface area contributed by atoms with E-state index in [-0.39, 0.29) is 22.5 Å². The van der Waals surface area contributed by atoms with Crippen LogP contribution in [0.25, 0.3) is 16.0 Å². The van der Waals surface area contributed by atoms with E-state index in [0.29, 0.717) is 22.6 Å². The van der Waals surface area contributed by atoms with Crippen LogP contribution in [0.1, 0.15) is 26.3 Å². The SMILES string of the molecule is C=C(C(=O)c1c(OC)cccc1OC)c1ccc(C(=O)O)cc1-c1cccs1. The average molecular weight is 394 g/mol. The number of allylic oxidation sites excluding steroid dienone is 1. The van der Waals surface area contributed by atoms with Gasteiger partial charge in [0, 0.05) is 16.0 Å². The number of hydrogen-bond donors (Lipinski definition) is 1. The Bertz CT molecular complexity index is 1030. The highest BCUT2D eigenvalue weighted by molar-refractivity contribution is 7.13. The van der Waals surface area contributed by atoms with Gasteiger partial charge in [0.25, 0.3) is 0 Å². The van der Waals surface area contributed by atoms with E-state index in [4.69, 9.17) is 9.47 Å². The van der Waals surface area contributed by atoms with Crippen LogP contribution in [-0.4, -0.2) is 31.1 Å². The highest BCUT2D eigenvalue weighted by Gasteiger charge is 2.24. The van der Waals surface area contributed by atoms with Crippen molar-refractivity contribution < 1.29 is 24.2 Å². The summed E-state index contributed by atoms with van der Waals surface area (Å²) in [6.07, 6.45) is 0. The second-order valence-electron chi connectivity index (χ2n) is 5.89. The summed E-state index contributed by atoms with van der Waals surface area (Å²) in [5, 5.41) is 11.2. The quantitative estimate of drug-likeness (QED) is 0.450. The number of thiophene rings is 1. The Kier molecular flexibility index (Phi) is 5.61. The normalized spacial score (nSPS) is 10.4. The maximum Gasteiger partial charge on any atom is 0.335 e. The molecule has 142 valence electrons. The first-order valence-electron chi connectivity index (χ1n) is 8.34. The molecule has 2 aromatic carbocycles. The lowest BCUT2D eigenvalue weighted by Gasteiger charge is -2.15. The van der Waals surface area contributed by atoms with E-state index in [1.807, 2.05) is 17.5 Å². The highest BCUT2D eigenvalue weighted by Crippen LogP contribution is 2.37. The molecule has 3 rings (SSSR count).